The fourth-order valence-electron chi connectivity index (χ4n) is 0.875. The normalized spacial score (nSPS) is 17.3. The molecule has 0 aliphatic carbocycles. The van der Waals surface area contributed by atoms with Crippen LogP contribution >= 0.6 is 11.1 Å². The Morgan fingerprint density at radius 1 is 1.44 bits per heavy atom. The van der Waals surface area contributed by atoms with E-state index in [0.29, 0.717) is 0 Å². The van der Waals surface area contributed by atoms with Crippen LogP contribution in [0.5, 0.6) is 0 Å². The average Bonchev–Trinajstić information content (AvgIpc) is 1.89. The van der Waals surface area contributed by atoms with Gasteiger partial charge in [0.2, 0.25) is 7.55 Å². The third kappa shape index (κ3) is 3.23. The number of rotatable bonds is 4. The Morgan fingerprint density at radius 3 is 2.11 bits per heavy atom. The summed E-state index contributed by atoms with van der Waals surface area (Å²) in [6.07, 6.45) is 1.20. The van der Waals surface area contributed by atoms with Gasteiger partial charge in [-0.25, -0.2) is 0 Å². The van der Waals surface area contributed by atoms with Crippen molar-refractivity contribution in [2.24, 2.45) is 0 Å². The van der Waals surface area contributed by atoms with Crippen molar-refractivity contribution in [1.82, 2.24) is 4.98 Å². The van der Waals surface area contributed by atoms with Crippen LogP contribution in [0, 0.1) is 0 Å². The molecule has 56 valence electrons. The van der Waals surface area contributed by atoms with Gasteiger partial charge in [0.15, 0.2) is 0 Å². The third-order valence-electron chi connectivity index (χ3n) is 1.65. The molecule has 1 unspecified atom stereocenters. The van der Waals surface area contributed by atoms with Gasteiger partial charge in [-0.15, -0.1) is 11.1 Å². The number of nitrogens with one attached hydrogen (secondary N) is 1. The van der Waals surface area contributed by atoms with E-state index < -0.39 is 7.55 Å². The molecule has 0 aromatic heterocycles. The standard InChI is InChI=1S/C6H16ClNSi/c1-4-6-9(7,5-2)8-3/h8H,4-6H2,1-3H3. The van der Waals surface area contributed by atoms with Gasteiger partial charge in [0.05, 0.1) is 0 Å². The zero-order valence-electron chi connectivity index (χ0n) is 6.50. The summed E-state index contributed by atoms with van der Waals surface area (Å²) >= 11 is 6.24. The first-order chi connectivity index (χ1) is 4.18. The third-order valence-corrected chi connectivity index (χ3v) is 6.90. The van der Waals surface area contributed by atoms with Crippen LogP contribution in [0.1, 0.15) is 20.3 Å². The molecule has 0 heterocycles. The highest BCUT2D eigenvalue weighted by atomic mass is 35.6. The van der Waals surface area contributed by atoms with E-state index in [9.17, 15) is 0 Å². The predicted octanol–water partition coefficient (Wildman–Crippen LogP) is 2.32. The Balaban J connectivity index is 3.62. The van der Waals surface area contributed by atoms with E-state index in [2.05, 4.69) is 18.8 Å². The quantitative estimate of drug-likeness (QED) is 0.498. The molecule has 0 rings (SSSR count). The monoisotopic (exact) mass is 165 g/mol. The summed E-state index contributed by atoms with van der Waals surface area (Å²) in [4.78, 5) is 3.23. The zero-order chi connectivity index (χ0) is 7.33. The second kappa shape index (κ2) is 4.31. The van der Waals surface area contributed by atoms with Crippen molar-refractivity contribution >= 4 is 18.6 Å². The Bertz CT molecular complexity index is 73.5. The zero-order valence-corrected chi connectivity index (χ0v) is 8.26. The van der Waals surface area contributed by atoms with Gasteiger partial charge in [0, 0.05) is 0 Å². The van der Waals surface area contributed by atoms with Crippen molar-refractivity contribution < 1.29 is 0 Å². The van der Waals surface area contributed by atoms with Crippen LogP contribution in [0.3, 0.4) is 0 Å². The van der Waals surface area contributed by atoms with Crippen molar-refractivity contribution in [2.45, 2.75) is 32.4 Å². The van der Waals surface area contributed by atoms with Crippen LogP contribution < -0.4 is 4.98 Å². The molecule has 1 N–H and O–H groups in total. The number of hydrogen-bond acceptors (Lipinski definition) is 1. The highest BCUT2D eigenvalue weighted by Gasteiger charge is 2.24. The Hall–Kier alpha value is 0.467. The van der Waals surface area contributed by atoms with Crippen molar-refractivity contribution in [3.8, 4) is 0 Å². The fourth-order valence-corrected chi connectivity index (χ4v) is 3.19. The molecule has 1 nitrogen and oxygen atoms in total. The smallest absolute Gasteiger partial charge is 0.226 e. The largest absolute Gasteiger partial charge is 0.328 e. The van der Waals surface area contributed by atoms with Gasteiger partial charge < -0.3 is 4.98 Å². The molecule has 9 heavy (non-hydrogen) atoms. The highest BCUT2D eigenvalue weighted by Crippen LogP contribution is 2.17. The van der Waals surface area contributed by atoms with E-state index in [1.807, 2.05) is 7.05 Å². The summed E-state index contributed by atoms with van der Waals surface area (Å²) in [5.41, 5.74) is 0. The van der Waals surface area contributed by atoms with Crippen LogP contribution in [0.4, 0.5) is 0 Å². The Labute approximate surface area is 63.6 Å². The SMILES string of the molecule is CCC[Si](Cl)(CC)NC. The van der Waals surface area contributed by atoms with Gasteiger partial charge in [-0.3, -0.25) is 0 Å². The maximum absolute atomic E-state index is 6.24. The molecule has 3 heteroatoms. The van der Waals surface area contributed by atoms with Gasteiger partial charge in [-0.05, 0) is 19.1 Å². The lowest BCUT2D eigenvalue weighted by Gasteiger charge is -2.20. The van der Waals surface area contributed by atoms with Crippen molar-refractivity contribution in [2.75, 3.05) is 7.05 Å². The minimum absolute atomic E-state index is 1.12. The van der Waals surface area contributed by atoms with Gasteiger partial charge in [0.25, 0.3) is 0 Å². The van der Waals surface area contributed by atoms with Crippen molar-refractivity contribution in [3.63, 3.8) is 0 Å². The van der Waals surface area contributed by atoms with Crippen molar-refractivity contribution in [1.29, 1.82) is 0 Å². The average molecular weight is 166 g/mol. The van der Waals surface area contributed by atoms with Crippen LogP contribution in [-0.2, 0) is 0 Å². The fraction of sp³-hybridized carbons (Fsp3) is 1.00. The van der Waals surface area contributed by atoms with Gasteiger partial charge in [0.1, 0.15) is 0 Å². The van der Waals surface area contributed by atoms with Crippen molar-refractivity contribution in [3.05, 3.63) is 0 Å². The Kier molecular flexibility index (Phi) is 4.53. The number of halogens is 1. The summed E-state index contributed by atoms with van der Waals surface area (Å²) in [5, 5.41) is 0. The predicted molar refractivity (Wildman–Crippen MR) is 46.2 cm³/mol. The topological polar surface area (TPSA) is 12.0 Å². The van der Waals surface area contributed by atoms with E-state index in [-0.39, 0.29) is 0 Å². The maximum atomic E-state index is 6.24. The Morgan fingerprint density at radius 2 is 2.00 bits per heavy atom. The lowest BCUT2D eigenvalue weighted by molar-refractivity contribution is 0.996. The molecule has 0 aliphatic rings. The molecule has 0 aromatic carbocycles. The summed E-state index contributed by atoms with van der Waals surface area (Å²) in [7, 11) is 0.496. The molecular weight excluding hydrogens is 150 g/mol. The highest BCUT2D eigenvalue weighted by molar-refractivity contribution is 7.18. The molecule has 0 radical (unpaired) electrons. The van der Waals surface area contributed by atoms with Crippen LogP contribution in [0.2, 0.25) is 12.1 Å². The first-order valence-corrected chi connectivity index (χ1v) is 6.99. The molecule has 0 aromatic rings. The summed E-state index contributed by atoms with van der Waals surface area (Å²) in [6.45, 7) is 4.34. The second-order valence-corrected chi connectivity index (χ2v) is 8.13. The molecule has 1 atom stereocenters. The van der Waals surface area contributed by atoms with Gasteiger partial charge in [-0.1, -0.05) is 20.3 Å². The van der Waals surface area contributed by atoms with E-state index in [1.54, 1.807) is 0 Å². The van der Waals surface area contributed by atoms with E-state index in [1.165, 1.54) is 12.5 Å². The summed E-state index contributed by atoms with van der Waals surface area (Å²) in [5.74, 6) is 0. The first kappa shape index (κ1) is 9.47. The molecule has 0 amide bonds. The first-order valence-electron chi connectivity index (χ1n) is 3.56. The molecule has 0 fully saturated rings. The number of hydrogen-bond donors (Lipinski definition) is 1. The lowest BCUT2D eigenvalue weighted by Crippen LogP contribution is -2.41. The molecule has 0 spiro atoms. The van der Waals surface area contributed by atoms with Crippen LogP contribution in [0.15, 0.2) is 0 Å². The van der Waals surface area contributed by atoms with E-state index >= 15 is 0 Å². The molecule has 0 saturated heterocycles. The minimum Gasteiger partial charge on any atom is -0.328 e. The van der Waals surface area contributed by atoms with E-state index in [0.717, 1.165) is 6.04 Å². The molecule has 0 bridgehead atoms. The summed E-state index contributed by atoms with van der Waals surface area (Å²) in [6, 6.07) is 2.31. The van der Waals surface area contributed by atoms with Crippen LogP contribution in [-0.4, -0.2) is 14.6 Å². The van der Waals surface area contributed by atoms with Gasteiger partial charge >= 0.3 is 0 Å². The van der Waals surface area contributed by atoms with E-state index in [4.69, 9.17) is 11.1 Å². The molecule has 0 aliphatic heterocycles. The maximum Gasteiger partial charge on any atom is 0.226 e. The summed E-state index contributed by atoms with van der Waals surface area (Å²) < 4.78 is 0. The molecule has 0 saturated carbocycles. The minimum atomic E-state index is -1.48. The van der Waals surface area contributed by atoms with Gasteiger partial charge in [-0.2, -0.15) is 0 Å². The van der Waals surface area contributed by atoms with Crippen LogP contribution in [0.25, 0.3) is 0 Å². The second-order valence-electron chi connectivity index (χ2n) is 2.32. The molecular formula is C6H16ClNSi. The lowest BCUT2D eigenvalue weighted by atomic mass is 10.6.